The lowest BCUT2D eigenvalue weighted by molar-refractivity contribution is -0.138. The quantitative estimate of drug-likeness (QED) is 0.0868. The summed E-state index contributed by atoms with van der Waals surface area (Å²) >= 11 is 7.27. The Morgan fingerprint density at radius 1 is 1.02 bits per heavy atom. The number of benzene rings is 4. The number of halogens is 3. The van der Waals surface area contributed by atoms with Crippen molar-refractivity contribution in [1.82, 2.24) is 4.57 Å². The summed E-state index contributed by atoms with van der Waals surface area (Å²) in [5.41, 5.74) is 3.35. The van der Waals surface area contributed by atoms with Crippen LogP contribution in [-0.4, -0.2) is 23.4 Å². The molecule has 2 heterocycles. The molecule has 238 valence electrons. The number of thiazole rings is 1. The summed E-state index contributed by atoms with van der Waals surface area (Å²) < 4.78 is 29.5. The van der Waals surface area contributed by atoms with Crippen molar-refractivity contribution in [3.63, 3.8) is 0 Å². The minimum absolute atomic E-state index is 0.0983. The first-order valence-corrected chi connectivity index (χ1v) is 18.8. The van der Waals surface area contributed by atoms with Crippen molar-refractivity contribution in [2.75, 3.05) is 12.9 Å². The summed E-state index contributed by atoms with van der Waals surface area (Å²) in [5.74, 6) is -0.184. The van der Waals surface area contributed by atoms with E-state index in [-0.39, 0.29) is 24.6 Å². The molecule has 0 radical (unpaired) electrons. The van der Waals surface area contributed by atoms with Gasteiger partial charge in [0, 0.05) is 16.0 Å². The molecule has 0 aliphatic carbocycles. The number of esters is 1. The van der Waals surface area contributed by atoms with E-state index in [0.717, 1.165) is 28.7 Å². The highest BCUT2D eigenvalue weighted by Gasteiger charge is 2.35. The highest BCUT2D eigenvalue weighted by molar-refractivity contribution is 14.1. The van der Waals surface area contributed by atoms with E-state index >= 15 is 0 Å². The summed E-state index contributed by atoms with van der Waals surface area (Å²) in [5, 5.41) is 0. The largest absolute Gasteiger partial charge is 0.487 e. The predicted octanol–water partition coefficient (Wildman–Crippen LogP) is 7.58. The molecule has 0 fully saturated rings. The van der Waals surface area contributed by atoms with Crippen LogP contribution in [0.25, 0.3) is 11.8 Å². The number of nitrogens with zero attached hydrogens (tertiary/aromatic N) is 2. The first-order chi connectivity index (χ1) is 22.8. The fourth-order valence-corrected chi connectivity index (χ4v) is 8.80. The van der Waals surface area contributed by atoms with E-state index in [1.54, 1.807) is 41.5 Å². The molecule has 0 saturated carbocycles. The molecule has 6 rings (SSSR count). The molecule has 1 aromatic heterocycles. The summed E-state index contributed by atoms with van der Waals surface area (Å²) in [6.07, 6.45) is 3.83. The molecule has 1 aliphatic rings. The number of hydrogen-bond acceptors (Lipinski definition) is 7. The molecule has 0 N–H and O–H groups in total. The van der Waals surface area contributed by atoms with E-state index in [0.29, 0.717) is 31.9 Å². The topological polar surface area (TPSA) is 69.9 Å². The second kappa shape index (κ2) is 14.9. The first kappa shape index (κ1) is 33.6. The van der Waals surface area contributed by atoms with Crippen LogP contribution in [-0.2, 0) is 16.1 Å². The van der Waals surface area contributed by atoms with E-state index in [1.807, 2.05) is 79.1 Å². The van der Waals surface area contributed by atoms with Crippen molar-refractivity contribution in [2.45, 2.75) is 24.5 Å². The van der Waals surface area contributed by atoms with E-state index in [9.17, 15) is 14.0 Å². The number of fused-ring (bicyclic) bond motifs is 1. The normalized spacial score (nSPS) is 14.5. The lowest BCUT2D eigenvalue weighted by Gasteiger charge is -2.26. The monoisotopic (exact) mass is 888 g/mol. The fraction of sp³-hybridized carbons (Fsp3) is 0.139. The molecule has 0 spiro atoms. The zero-order valence-electron chi connectivity index (χ0n) is 25.2. The lowest BCUT2D eigenvalue weighted by Crippen LogP contribution is -2.40. The smallest absolute Gasteiger partial charge is 0.338 e. The number of aromatic nitrogens is 1. The van der Waals surface area contributed by atoms with Gasteiger partial charge < -0.3 is 9.47 Å². The third kappa shape index (κ3) is 7.13. The zero-order chi connectivity index (χ0) is 33.1. The molecule has 11 heteroatoms. The Balaban J connectivity index is 1.48. The van der Waals surface area contributed by atoms with Gasteiger partial charge >= 0.3 is 5.97 Å². The van der Waals surface area contributed by atoms with Crippen LogP contribution in [0.5, 0.6) is 5.75 Å². The van der Waals surface area contributed by atoms with E-state index in [4.69, 9.17) is 14.5 Å². The van der Waals surface area contributed by atoms with Crippen LogP contribution in [0.1, 0.15) is 35.2 Å². The highest BCUT2D eigenvalue weighted by atomic mass is 127. The van der Waals surface area contributed by atoms with Crippen LogP contribution >= 0.6 is 68.3 Å². The highest BCUT2D eigenvalue weighted by Crippen LogP contribution is 2.36. The van der Waals surface area contributed by atoms with Crippen molar-refractivity contribution >= 4 is 86.0 Å². The number of carbonyl (C=O) groups is 1. The Hall–Kier alpha value is -3.27. The number of hydrogen-bond donors (Lipinski definition) is 0. The molecule has 0 unspecified atom stereocenters. The second-order valence-electron chi connectivity index (χ2n) is 10.4. The SMILES string of the molecule is CCOC(=O)C1=C(c2ccccc2)N=c2s/c(=C\c3cc(I)c(OCc4ccccc4F)c(I)c3)c(=O)n2[C@H]1c1ccc(SC)cc1. The Kier molecular flexibility index (Phi) is 10.6. The van der Waals surface area contributed by atoms with Crippen LogP contribution in [0.4, 0.5) is 4.39 Å². The van der Waals surface area contributed by atoms with Crippen LogP contribution in [0.3, 0.4) is 0 Å². The number of rotatable bonds is 9. The zero-order valence-corrected chi connectivity index (χ0v) is 31.2. The minimum Gasteiger partial charge on any atom is -0.487 e. The van der Waals surface area contributed by atoms with Gasteiger partial charge in [-0.15, -0.1) is 11.8 Å². The van der Waals surface area contributed by atoms with Gasteiger partial charge in [0.1, 0.15) is 18.2 Å². The maximum Gasteiger partial charge on any atom is 0.338 e. The number of ether oxygens (including phenoxy) is 2. The van der Waals surface area contributed by atoms with Gasteiger partial charge in [0.05, 0.1) is 35.6 Å². The number of carbonyl (C=O) groups excluding carboxylic acids is 1. The molecular formula is C36H27FI2N2O4S2. The molecule has 0 amide bonds. The van der Waals surface area contributed by atoms with E-state index in [2.05, 4.69) is 45.2 Å². The van der Waals surface area contributed by atoms with Gasteiger partial charge in [-0.1, -0.05) is 72.0 Å². The van der Waals surface area contributed by atoms with Crippen molar-refractivity contribution in [2.24, 2.45) is 4.99 Å². The van der Waals surface area contributed by atoms with Crippen molar-refractivity contribution in [3.8, 4) is 5.75 Å². The number of thioether (sulfide) groups is 1. The second-order valence-corrected chi connectivity index (χ2v) is 14.6. The van der Waals surface area contributed by atoms with Crippen molar-refractivity contribution in [3.05, 3.63) is 151 Å². The van der Waals surface area contributed by atoms with E-state index < -0.39 is 12.0 Å². The maximum atomic E-state index is 14.3. The summed E-state index contributed by atoms with van der Waals surface area (Å²) in [6.45, 7) is 2.04. The Bertz CT molecular complexity index is 2160. The van der Waals surface area contributed by atoms with Crippen LogP contribution < -0.4 is 19.6 Å². The standard InChI is InChI=1S/C36H27FI2N2O4S2/c1-3-44-35(43)30-31(22-9-5-4-6-10-22)40-36-41(32(30)23-13-15-25(46-2)16-14-23)34(42)29(47-36)19-21-17-27(38)33(28(39)18-21)45-20-24-11-7-8-12-26(24)37/h4-19,32H,3,20H2,1-2H3/b29-19-/t32-/m0/s1. The summed E-state index contributed by atoms with van der Waals surface area (Å²) in [6, 6.07) is 27.0. The molecule has 4 aromatic carbocycles. The Morgan fingerprint density at radius 2 is 1.70 bits per heavy atom. The van der Waals surface area contributed by atoms with Crippen LogP contribution in [0.15, 0.2) is 111 Å². The predicted molar refractivity (Wildman–Crippen MR) is 202 cm³/mol. The van der Waals surface area contributed by atoms with Crippen molar-refractivity contribution < 1.29 is 18.7 Å². The molecule has 5 aromatic rings. The molecule has 1 aliphatic heterocycles. The minimum atomic E-state index is -0.743. The molecule has 0 saturated heterocycles. The van der Waals surface area contributed by atoms with Gasteiger partial charge in [-0.2, -0.15) is 0 Å². The van der Waals surface area contributed by atoms with Gasteiger partial charge in [-0.3, -0.25) is 9.36 Å². The average molecular weight is 889 g/mol. The molecule has 6 nitrogen and oxygen atoms in total. The fourth-order valence-electron chi connectivity index (χ4n) is 5.26. The third-order valence-corrected chi connectivity index (χ3v) is 10.8. The van der Waals surface area contributed by atoms with E-state index in [1.165, 1.54) is 17.4 Å². The molecule has 0 bridgehead atoms. The molecular weight excluding hydrogens is 861 g/mol. The first-order valence-electron chi connectivity index (χ1n) is 14.6. The average Bonchev–Trinajstić information content (AvgIpc) is 3.38. The lowest BCUT2D eigenvalue weighted by atomic mass is 9.93. The molecule has 47 heavy (non-hydrogen) atoms. The van der Waals surface area contributed by atoms with Crippen LogP contribution in [0, 0.1) is 13.0 Å². The van der Waals surface area contributed by atoms with Gasteiger partial charge in [0.15, 0.2) is 4.80 Å². The molecule has 1 atom stereocenters. The summed E-state index contributed by atoms with van der Waals surface area (Å²) in [7, 11) is 0. The third-order valence-electron chi connectivity index (χ3n) is 7.45. The van der Waals surface area contributed by atoms with Gasteiger partial charge in [0.2, 0.25) is 0 Å². The van der Waals surface area contributed by atoms with Gasteiger partial charge in [-0.25, -0.2) is 14.2 Å². The Labute approximate surface area is 306 Å². The summed E-state index contributed by atoms with van der Waals surface area (Å²) in [4.78, 5) is 34.4. The Morgan fingerprint density at radius 3 is 2.36 bits per heavy atom. The van der Waals surface area contributed by atoms with Gasteiger partial charge in [-0.05, 0) is 106 Å². The van der Waals surface area contributed by atoms with Gasteiger partial charge in [0.25, 0.3) is 5.56 Å². The van der Waals surface area contributed by atoms with Crippen LogP contribution in [0.2, 0.25) is 0 Å². The maximum absolute atomic E-state index is 14.3. The van der Waals surface area contributed by atoms with Crippen molar-refractivity contribution in [1.29, 1.82) is 0 Å².